The van der Waals surface area contributed by atoms with Crippen LogP contribution >= 0.6 is 0 Å². The molecule has 0 bridgehead atoms. The second kappa shape index (κ2) is 5.61. The molecule has 5 nitrogen and oxygen atoms in total. The van der Waals surface area contributed by atoms with Gasteiger partial charge < -0.3 is 4.74 Å². The summed E-state index contributed by atoms with van der Waals surface area (Å²) in [6.07, 6.45) is 2.53. The average Bonchev–Trinajstić information content (AvgIpc) is 2.81. The molecule has 0 spiro atoms. The van der Waals surface area contributed by atoms with Gasteiger partial charge in [0.1, 0.15) is 0 Å². The van der Waals surface area contributed by atoms with E-state index in [4.69, 9.17) is 0 Å². The normalized spacial score (nSPS) is 20.1. The minimum absolute atomic E-state index is 0.0858. The maximum Gasteiger partial charge on any atom is 0.338 e. The first-order valence-corrected chi connectivity index (χ1v) is 6.09. The zero-order valence-electron chi connectivity index (χ0n) is 10.8. The van der Waals surface area contributed by atoms with Gasteiger partial charge in [-0.25, -0.2) is 9.59 Å². The third-order valence-corrected chi connectivity index (χ3v) is 2.99. The number of fused-ring (bicyclic) bond motifs is 1. The molecule has 20 heavy (non-hydrogen) atoms. The Hall–Kier alpha value is -2.56. The van der Waals surface area contributed by atoms with Gasteiger partial charge in [0.2, 0.25) is 0 Å². The Morgan fingerprint density at radius 2 is 1.50 bits per heavy atom. The van der Waals surface area contributed by atoms with Gasteiger partial charge in [0, 0.05) is 35.6 Å². The Morgan fingerprint density at radius 3 is 2.00 bits per heavy atom. The molecular formula is C15H12O5. The van der Waals surface area contributed by atoms with Crippen LogP contribution in [0.1, 0.15) is 34.1 Å². The number of benzene rings is 1. The Morgan fingerprint density at radius 1 is 0.950 bits per heavy atom. The molecule has 1 unspecified atom stereocenters. The molecule has 0 saturated carbocycles. The lowest BCUT2D eigenvalue weighted by Crippen LogP contribution is -2.24. The number of ether oxygens (including phenoxy) is 1. The van der Waals surface area contributed by atoms with E-state index in [1.807, 2.05) is 0 Å². The largest absolute Gasteiger partial charge is 0.387 e. The van der Waals surface area contributed by atoms with Crippen LogP contribution in [0, 0.1) is 5.92 Å². The first kappa shape index (κ1) is 13.9. The van der Waals surface area contributed by atoms with Crippen LogP contribution in [-0.2, 0) is 14.3 Å². The molecule has 1 heterocycles. The van der Waals surface area contributed by atoms with Crippen LogP contribution in [0.25, 0.3) is 0 Å². The van der Waals surface area contributed by atoms with Crippen LogP contribution in [0.15, 0.2) is 36.4 Å². The second-order valence-corrected chi connectivity index (χ2v) is 4.51. The Bertz CT molecular complexity index is 611. The molecule has 1 aliphatic heterocycles. The minimum Gasteiger partial charge on any atom is -0.387 e. The Labute approximate surface area is 115 Å². The maximum absolute atomic E-state index is 11.6. The summed E-state index contributed by atoms with van der Waals surface area (Å²) in [5.41, 5.74) is 1.18. The van der Waals surface area contributed by atoms with Crippen molar-refractivity contribution < 1.29 is 23.9 Å². The van der Waals surface area contributed by atoms with Crippen molar-refractivity contribution in [3.05, 3.63) is 47.5 Å². The molecule has 1 aromatic carbocycles. The molecule has 1 atom stereocenters. The Kier molecular flexibility index (Phi) is 3.89. The summed E-state index contributed by atoms with van der Waals surface area (Å²) in [7, 11) is 0. The van der Waals surface area contributed by atoms with E-state index in [1.54, 1.807) is 31.2 Å². The highest BCUT2D eigenvalue weighted by atomic mass is 16.6. The standard InChI is InChI=1S/C11H10O2.C4H2O3/c1-7-6-10(12)8-4-2-3-5-9(8)11(7)13;5-3-1-2-4(6)7-3/h2-5,7H,6H2,1H3;1-2H. The molecule has 3 rings (SSSR count). The van der Waals surface area contributed by atoms with Crippen molar-refractivity contribution in [3.63, 3.8) is 0 Å². The van der Waals surface area contributed by atoms with Gasteiger partial charge in [-0.1, -0.05) is 31.2 Å². The fraction of sp³-hybridized carbons (Fsp3) is 0.200. The number of hydrogen-bond donors (Lipinski definition) is 0. The molecule has 0 fully saturated rings. The third-order valence-electron chi connectivity index (χ3n) is 2.99. The first-order chi connectivity index (χ1) is 9.49. The molecule has 5 heteroatoms. The molecule has 0 N–H and O–H groups in total. The smallest absolute Gasteiger partial charge is 0.338 e. The van der Waals surface area contributed by atoms with E-state index in [0.29, 0.717) is 17.5 Å². The van der Waals surface area contributed by atoms with Gasteiger partial charge in [0.05, 0.1) is 0 Å². The molecule has 0 aromatic heterocycles. The Balaban J connectivity index is 0.000000178. The number of carbonyl (C=O) groups is 4. The molecule has 0 saturated heterocycles. The van der Waals surface area contributed by atoms with Crippen molar-refractivity contribution >= 4 is 23.5 Å². The molecule has 1 aromatic rings. The summed E-state index contributed by atoms with van der Waals surface area (Å²) in [6, 6.07) is 7.04. The minimum atomic E-state index is -0.579. The number of hydrogen-bond acceptors (Lipinski definition) is 5. The van der Waals surface area contributed by atoms with Crippen molar-refractivity contribution in [1.29, 1.82) is 0 Å². The van der Waals surface area contributed by atoms with Crippen LogP contribution in [0.3, 0.4) is 0 Å². The molecule has 2 aliphatic rings. The van der Waals surface area contributed by atoms with E-state index in [-0.39, 0.29) is 17.5 Å². The van der Waals surface area contributed by atoms with Gasteiger partial charge in [-0.3, -0.25) is 9.59 Å². The average molecular weight is 272 g/mol. The quantitative estimate of drug-likeness (QED) is 0.531. The molecule has 1 aliphatic carbocycles. The van der Waals surface area contributed by atoms with Crippen LogP contribution in [-0.4, -0.2) is 23.5 Å². The van der Waals surface area contributed by atoms with Crippen molar-refractivity contribution in [1.82, 2.24) is 0 Å². The summed E-state index contributed by atoms with van der Waals surface area (Å²) in [4.78, 5) is 42.9. The number of carbonyl (C=O) groups excluding carboxylic acids is 4. The number of esters is 2. The lowest BCUT2D eigenvalue weighted by Gasteiger charge is -2.18. The maximum atomic E-state index is 11.6. The van der Waals surface area contributed by atoms with E-state index in [9.17, 15) is 19.2 Å². The highest BCUT2D eigenvalue weighted by Crippen LogP contribution is 2.24. The predicted molar refractivity (Wildman–Crippen MR) is 69.1 cm³/mol. The van der Waals surface area contributed by atoms with Gasteiger partial charge in [-0.15, -0.1) is 0 Å². The van der Waals surface area contributed by atoms with Crippen molar-refractivity contribution in [2.75, 3.05) is 0 Å². The zero-order chi connectivity index (χ0) is 14.7. The summed E-state index contributed by atoms with van der Waals surface area (Å²) in [5.74, 6) is -1.13. The number of ketones is 2. The number of Topliss-reactive ketones (excluding diaryl/α,β-unsaturated/α-hetero) is 2. The number of cyclic esters (lactones) is 2. The molecular weight excluding hydrogens is 260 g/mol. The fourth-order valence-corrected chi connectivity index (χ4v) is 1.99. The van der Waals surface area contributed by atoms with E-state index in [0.717, 1.165) is 12.2 Å². The van der Waals surface area contributed by atoms with Gasteiger partial charge in [0.15, 0.2) is 11.6 Å². The van der Waals surface area contributed by atoms with E-state index >= 15 is 0 Å². The summed E-state index contributed by atoms with van der Waals surface area (Å²) in [5, 5.41) is 0. The summed E-state index contributed by atoms with van der Waals surface area (Å²) < 4.78 is 3.97. The number of rotatable bonds is 0. The van der Waals surface area contributed by atoms with Gasteiger partial charge in [-0.05, 0) is 0 Å². The highest BCUT2D eigenvalue weighted by molar-refractivity contribution is 6.14. The topological polar surface area (TPSA) is 77.5 Å². The molecule has 0 radical (unpaired) electrons. The summed E-state index contributed by atoms with van der Waals surface area (Å²) >= 11 is 0. The fourth-order valence-electron chi connectivity index (χ4n) is 1.99. The van der Waals surface area contributed by atoms with Crippen molar-refractivity contribution in [3.8, 4) is 0 Å². The van der Waals surface area contributed by atoms with Crippen LogP contribution in [0.5, 0.6) is 0 Å². The first-order valence-electron chi connectivity index (χ1n) is 6.09. The van der Waals surface area contributed by atoms with E-state index in [2.05, 4.69) is 4.74 Å². The second-order valence-electron chi connectivity index (χ2n) is 4.51. The molecule has 0 amide bonds. The highest BCUT2D eigenvalue weighted by Gasteiger charge is 2.28. The van der Waals surface area contributed by atoms with Gasteiger partial charge in [-0.2, -0.15) is 0 Å². The van der Waals surface area contributed by atoms with E-state index in [1.165, 1.54) is 0 Å². The predicted octanol–water partition coefficient (Wildman–Crippen LogP) is 1.72. The SMILES string of the molecule is CC1CC(=O)c2ccccc2C1=O.O=C1C=CC(=O)O1. The molecule has 102 valence electrons. The zero-order valence-corrected chi connectivity index (χ0v) is 10.8. The van der Waals surface area contributed by atoms with Crippen LogP contribution < -0.4 is 0 Å². The van der Waals surface area contributed by atoms with E-state index < -0.39 is 11.9 Å². The van der Waals surface area contributed by atoms with Gasteiger partial charge >= 0.3 is 11.9 Å². The van der Waals surface area contributed by atoms with Crippen LogP contribution in [0.2, 0.25) is 0 Å². The lowest BCUT2D eigenvalue weighted by atomic mass is 9.83. The van der Waals surface area contributed by atoms with Gasteiger partial charge in [0.25, 0.3) is 0 Å². The lowest BCUT2D eigenvalue weighted by molar-refractivity contribution is -0.150. The van der Waals surface area contributed by atoms with Crippen LogP contribution in [0.4, 0.5) is 0 Å². The third kappa shape index (κ3) is 2.88. The summed E-state index contributed by atoms with van der Waals surface area (Å²) in [6.45, 7) is 1.80. The van der Waals surface area contributed by atoms with Crippen molar-refractivity contribution in [2.45, 2.75) is 13.3 Å². The monoisotopic (exact) mass is 272 g/mol. The van der Waals surface area contributed by atoms with Crippen molar-refractivity contribution in [2.24, 2.45) is 5.92 Å².